The van der Waals surface area contributed by atoms with Crippen LogP contribution in [0, 0.1) is 5.82 Å². The molecule has 2 N–H and O–H groups in total. The van der Waals surface area contributed by atoms with Gasteiger partial charge in [0, 0.05) is 18.3 Å². The third-order valence-corrected chi connectivity index (χ3v) is 6.83. The lowest BCUT2D eigenvalue weighted by Crippen LogP contribution is -2.30. The highest BCUT2D eigenvalue weighted by Crippen LogP contribution is 2.29. The number of nitrogens with one attached hydrogen (secondary N) is 2. The lowest BCUT2D eigenvalue weighted by Gasteiger charge is -2.18. The average Bonchev–Trinajstić information content (AvgIpc) is 3.00. The highest BCUT2D eigenvalue weighted by Gasteiger charge is 2.19. The molecule has 2 heterocycles. The number of aromatic amines is 1. The fraction of sp³-hybridized carbons (Fsp3) is 0.286. The topological polar surface area (TPSA) is 34.9 Å². The fourth-order valence-corrected chi connectivity index (χ4v) is 3.95. The molecule has 0 fully saturated rings. The van der Waals surface area contributed by atoms with Crippen LogP contribution in [0.2, 0.25) is 0 Å². The Morgan fingerprint density at radius 2 is 1.96 bits per heavy atom. The summed E-state index contributed by atoms with van der Waals surface area (Å²) in [7, 11) is 6.24. The molecule has 1 atom stereocenters. The van der Waals surface area contributed by atoms with Crippen LogP contribution in [0.15, 0.2) is 42.5 Å². The molecule has 140 valence electrons. The largest absolute Gasteiger partial charge is 0.384 e. The van der Waals surface area contributed by atoms with Crippen molar-refractivity contribution in [2.45, 2.75) is 10.5 Å². The van der Waals surface area contributed by atoms with Crippen LogP contribution in [0.4, 0.5) is 10.1 Å². The van der Waals surface area contributed by atoms with Gasteiger partial charge in [0.1, 0.15) is 18.4 Å². The van der Waals surface area contributed by atoms with E-state index in [0.29, 0.717) is 4.05 Å². The van der Waals surface area contributed by atoms with Gasteiger partial charge in [-0.2, -0.15) is 4.57 Å². The minimum atomic E-state index is -0.215. The normalized spacial score (nSPS) is 13.1. The first-order valence-electron chi connectivity index (χ1n) is 9.03. The molecule has 0 radical (unpaired) electrons. The minimum absolute atomic E-state index is 0.215. The molecule has 0 saturated heterocycles. The van der Waals surface area contributed by atoms with Crippen LogP contribution in [0.25, 0.3) is 32.8 Å². The molecule has 4 rings (SSSR count). The summed E-state index contributed by atoms with van der Waals surface area (Å²) in [5.74, 6) is -0.215. The molecule has 1 unspecified atom stereocenters. The number of halogens is 2. The van der Waals surface area contributed by atoms with Gasteiger partial charge in [-0.05, 0) is 50.8 Å². The zero-order chi connectivity index (χ0) is 19.1. The molecular weight excluding hydrogens is 454 g/mol. The SMILES string of the molecule is CN(C)C(I)CCNc1cccc2c1cc1[nH]c3ccc(F)cc3c1[n+]2C. The molecule has 27 heavy (non-hydrogen) atoms. The van der Waals surface area contributed by atoms with Crippen LogP contribution in [-0.2, 0) is 7.05 Å². The molecule has 0 amide bonds. The van der Waals surface area contributed by atoms with E-state index in [1.54, 1.807) is 12.1 Å². The predicted octanol–water partition coefficient (Wildman–Crippen LogP) is 4.56. The quantitative estimate of drug-likeness (QED) is 0.191. The van der Waals surface area contributed by atoms with Crippen molar-refractivity contribution in [2.24, 2.45) is 7.05 Å². The first-order valence-corrected chi connectivity index (χ1v) is 10.3. The number of rotatable bonds is 5. The van der Waals surface area contributed by atoms with Crippen LogP contribution in [0.5, 0.6) is 0 Å². The molecule has 0 spiro atoms. The van der Waals surface area contributed by atoms with E-state index < -0.39 is 0 Å². The summed E-state index contributed by atoms with van der Waals surface area (Å²) in [6.45, 7) is 0.907. The Morgan fingerprint density at radius 1 is 1.15 bits per heavy atom. The molecule has 0 saturated carbocycles. The molecule has 0 aliphatic rings. The van der Waals surface area contributed by atoms with Crippen LogP contribution >= 0.6 is 22.6 Å². The average molecular weight is 477 g/mol. The number of pyridine rings is 1. The van der Waals surface area contributed by atoms with Gasteiger partial charge < -0.3 is 10.3 Å². The Hall–Kier alpha value is -1.93. The van der Waals surface area contributed by atoms with Crippen molar-refractivity contribution >= 4 is 61.1 Å². The molecular formula is C21H23FIN4+. The number of benzene rings is 2. The third kappa shape index (κ3) is 3.36. The predicted molar refractivity (Wildman–Crippen MR) is 119 cm³/mol. The van der Waals surface area contributed by atoms with Gasteiger partial charge in [0.05, 0.1) is 20.3 Å². The number of alkyl halides is 1. The highest BCUT2D eigenvalue weighted by atomic mass is 127. The van der Waals surface area contributed by atoms with Crippen LogP contribution in [-0.4, -0.2) is 34.6 Å². The van der Waals surface area contributed by atoms with Gasteiger partial charge in [0.15, 0.2) is 0 Å². The number of anilines is 1. The van der Waals surface area contributed by atoms with Crippen LogP contribution in [0.1, 0.15) is 6.42 Å². The van der Waals surface area contributed by atoms with E-state index >= 15 is 0 Å². The maximum absolute atomic E-state index is 13.8. The summed E-state index contributed by atoms with van der Waals surface area (Å²) in [6.07, 6.45) is 1.06. The molecule has 0 aliphatic heterocycles. The van der Waals surface area contributed by atoms with Crippen molar-refractivity contribution < 1.29 is 8.96 Å². The maximum atomic E-state index is 13.8. The van der Waals surface area contributed by atoms with E-state index in [2.05, 4.69) is 80.7 Å². The Bertz CT molecular complexity index is 1140. The van der Waals surface area contributed by atoms with Gasteiger partial charge in [-0.1, -0.05) is 28.7 Å². The third-order valence-electron chi connectivity index (χ3n) is 5.09. The van der Waals surface area contributed by atoms with E-state index in [9.17, 15) is 4.39 Å². The Labute approximate surface area is 171 Å². The fourth-order valence-electron chi connectivity index (χ4n) is 3.64. The molecule has 6 heteroatoms. The second-order valence-corrected chi connectivity index (χ2v) is 8.57. The van der Waals surface area contributed by atoms with Crippen molar-refractivity contribution in [1.82, 2.24) is 9.88 Å². The van der Waals surface area contributed by atoms with E-state index in [1.807, 2.05) is 7.05 Å². The summed E-state index contributed by atoms with van der Waals surface area (Å²) in [4.78, 5) is 5.65. The van der Waals surface area contributed by atoms with Crippen molar-refractivity contribution in [3.8, 4) is 0 Å². The monoisotopic (exact) mass is 477 g/mol. The summed E-state index contributed by atoms with van der Waals surface area (Å²) >= 11 is 2.47. The summed E-state index contributed by atoms with van der Waals surface area (Å²) in [6, 6.07) is 13.4. The highest BCUT2D eigenvalue weighted by molar-refractivity contribution is 14.1. The van der Waals surface area contributed by atoms with Gasteiger partial charge in [0.25, 0.3) is 0 Å². The lowest BCUT2D eigenvalue weighted by atomic mass is 10.1. The molecule has 2 aromatic carbocycles. The van der Waals surface area contributed by atoms with E-state index in [-0.39, 0.29) is 5.82 Å². The van der Waals surface area contributed by atoms with Gasteiger partial charge in [-0.15, -0.1) is 0 Å². The van der Waals surface area contributed by atoms with Crippen molar-refractivity contribution in [3.05, 3.63) is 48.3 Å². The summed E-state index contributed by atoms with van der Waals surface area (Å²) in [5, 5.41) is 5.66. The molecule has 2 aromatic heterocycles. The number of hydrogen-bond donors (Lipinski definition) is 2. The molecule has 4 aromatic rings. The second kappa shape index (κ2) is 7.24. The number of aromatic nitrogens is 2. The van der Waals surface area contributed by atoms with E-state index in [0.717, 1.165) is 51.5 Å². The molecule has 4 nitrogen and oxygen atoms in total. The number of H-pyrrole nitrogens is 1. The Balaban J connectivity index is 1.80. The Kier molecular flexibility index (Phi) is 4.94. The van der Waals surface area contributed by atoms with Gasteiger partial charge in [-0.3, -0.25) is 4.90 Å². The number of aryl methyl sites for hydroxylation is 1. The van der Waals surface area contributed by atoms with Crippen LogP contribution in [0.3, 0.4) is 0 Å². The first kappa shape index (κ1) is 18.4. The van der Waals surface area contributed by atoms with Gasteiger partial charge in [-0.25, -0.2) is 4.39 Å². The number of fused-ring (bicyclic) bond motifs is 4. The summed E-state index contributed by atoms with van der Waals surface area (Å²) < 4.78 is 16.4. The summed E-state index contributed by atoms with van der Waals surface area (Å²) in [5.41, 5.74) is 5.23. The molecule has 0 aliphatic carbocycles. The minimum Gasteiger partial charge on any atom is -0.384 e. The maximum Gasteiger partial charge on any atom is 0.238 e. The standard InChI is InChI=1S/C21H22FIN4/c1-26(2)20(23)9-10-24-16-5-4-6-19-14(16)12-18-21(27(19)3)15-11-13(22)7-8-17(15)25-18/h4-8,11-12,20H,9-10H2,1-3H3,(H,24,25)/p+1. The smallest absolute Gasteiger partial charge is 0.238 e. The van der Waals surface area contributed by atoms with E-state index in [4.69, 9.17) is 0 Å². The molecule has 0 bridgehead atoms. The number of hydrogen-bond acceptors (Lipinski definition) is 2. The Morgan fingerprint density at radius 3 is 2.74 bits per heavy atom. The second-order valence-electron chi connectivity index (χ2n) is 7.13. The van der Waals surface area contributed by atoms with Gasteiger partial charge in [0.2, 0.25) is 11.0 Å². The van der Waals surface area contributed by atoms with Crippen molar-refractivity contribution in [1.29, 1.82) is 0 Å². The van der Waals surface area contributed by atoms with E-state index in [1.165, 1.54) is 6.07 Å². The zero-order valence-corrected chi connectivity index (χ0v) is 17.8. The van der Waals surface area contributed by atoms with Gasteiger partial charge >= 0.3 is 0 Å². The van der Waals surface area contributed by atoms with Crippen molar-refractivity contribution in [2.75, 3.05) is 26.0 Å². The first-order chi connectivity index (χ1) is 13.0. The lowest BCUT2D eigenvalue weighted by molar-refractivity contribution is -0.616. The zero-order valence-electron chi connectivity index (χ0n) is 15.7. The number of nitrogens with zero attached hydrogens (tertiary/aromatic N) is 2. The van der Waals surface area contributed by atoms with Crippen LogP contribution < -0.4 is 9.88 Å². The van der Waals surface area contributed by atoms with Crippen molar-refractivity contribution in [3.63, 3.8) is 0 Å².